The quantitative estimate of drug-likeness (QED) is 0.823. The Balaban J connectivity index is 2.03. The van der Waals surface area contributed by atoms with Crippen LogP contribution >= 0.6 is 27.5 Å². The SMILES string of the molecule is O=C(NC1CC=CCC1)c1ccc(Cl)c(Br)c1. The van der Waals surface area contributed by atoms with Crippen LogP contribution in [0.15, 0.2) is 34.8 Å². The first-order valence-corrected chi connectivity index (χ1v) is 6.75. The molecule has 0 heterocycles. The molecule has 4 heteroatoms. The summed E-state index contributed by atoms with van der Waals surface area (Å²) < 4.78 is 0.746. The van der Waals surface area contributed by atoms with E-state index in [1.54, 1.807) is 18.2 Å². The van der Waals surface area contributed by atoms with Crippen LogP contribution in [0.4, 0.5) is 0 Å². The van der Waals surface area contributed by atoms with Crippen LogP contribution < -0.4 is 5.32 Å². The van der Waals surface area contributed by atoms with Gasteiger partial charge in [0, 0.05) is 16.1 Å². The first-order valence-electron chi connectivity index (χ1n) is 5.58. The summed E-state index contributed by atoms with van der Waals surface area (Å²) >= 11 is 9.21. The molecular formula is C13H13BrClNO. The second kappa shape index (κ2) is 5.69. The maximum atomic E-state index is 12.0. The highest BCUT2D eigenvalue weighted by Crippen LogP contribution is 2.23. The average molecular weight is 315 g/mol. The first-order chi connectivity index (χ1) is 8.16. The highest BCUT2D eigenvalue weighted by atomic mass is 79.9. The van der Waals surface area contributed by atoms with Crippen LogP contribution in [0.2, 0.25) is 5.02 Å². The fourth-order valence-electron chi connectivity index (χ4n) is 1.83. The number of nitrogens with one attached hydrogen (secondary N) is 1. The Labute approximate surface area is 114 Å². The van der Waals surface area contributed by atoms with Crippen LogP contribution in [0.5, 0.6) is 0 Å². The molecular weight excluding hydrogens is 302 g/mol. The van der Waals surface area contributed by atoms with Gasteiger partial charge in [0.25, 0.3) is 5.91 Å². The van der Waals surface area contributed by atoms with Crippen molar-refractivity contribution in [3.63, 3.8) is 0 Å². The van der Waals surface area contributed by atoms with Crippen molar-refractivity contribution in [1.29, 1.82) is 0 Å². The predicted octanol–water partition coefficient (Wildman–Crippen LogP) is 3.94. The van der Waals surface area contributed by atoms with E-state index in [-0.39, 0.29) is 11.9 Å². The van der Waals surface area contributed by atoms with E-state index >= 15 is 0 Å². The van der Waals surface area contributed by atoms with Crippen LogP contribution in [0.3, 0.4) is 0 Å². The van der Waals surface area contributed by atoms with Crippen molar-refractivity contribution in [3.05, 3.63) is 45.4 Å². The molecule has 2 nitrogen and oxygen atoms in total. The third-order valence-corrected chi connectivity index (χ3v) is 4.00. The van der Waals surface area contributed by atoms with Crippen molar-refractivity contribution in [2.45, 2.75) is 25.3 Å². The summed E-state index contributed by atoms with van der Waals surface area (Å²) in [6.07, 6.45) is 7.24. The smallest absolute Gasteiger partial charge is 0.251 e. The Morgan fingerprint density at radius 1 is 1.41 bits per heavy atom. The van der Waals surface area contributed by atoms with E-state index in [1.807, 2.05) is 0 Å². The third-order valence-electron chi connectivity index (χ3n) is 2.79. The zero-order valence-corrected chi connectivity index (χ0v) is 11.6. The molecule has 0 aliphatic heterocycles. The lowest BCUT2D eigenvalue weighted by atomic mass is 10.0. The number of carbonyl (C=O) groups is 1. The fourth-order valence-corrected chi connectivity index (χ4v) is 2.33. The predicted molar refractivity (Wildman–Crippen MR) is 73.4 cm³/mol. The second-order valence-corrected chi connectivity index (χ2v) is 5.35. The van der Waals surface area contributed by atoms with Gasteiger partial charge in [0.2, 0.25) is 0 Å². The van der Waals surface area contributed by atoms with Gasteiger partial charge in [0.05, 0.1) is 5.02 Å². The van der Waals surface area contributed by atoms with Gasteiger partial charge in [-0.05, 0) is 53.4 Å². The van der Waals surface area contributed by atoms with Gasteiger partial charge in [-0.1, -0.05) is 23.8 Å². The van der Waals surface area contributed by atoms with Crippen LogP contribution in [-0.2, 0) is 0 Å². The molecule has 2 rings (SSSR count). The van der Waals surface area contributed by atoms with Gasteiger partial charge >= 0.3 is 0 Å². The topological polar surface area (TPSA) is 29.1 Å². The lowest BCUT2D eigenvalue weighted by Gasteiger charge is -2.19. The number of allylic oxidation sites excluding steroid dienone is 1. The first kappa shape index (κ1) is 12.7. The molecule has 1 unspecified atom stereocenters. The monoisotopic (exact) mass is 313 g/mol. The molecule has 0 saturated carbocycles. The summed E-state index contributed by atoms with van der Waals surface area (Å²) in [5.41, 5.74) is 0.635. The van der Waals surface area contributed by atoms with Gasteiger partial charge in [-0.2, -0.15) is 0 Å². The molecule has 1 atom stereocenters. The number of benzene rings is 1. The molecule has 1 aliphatic rings. The Kier molecular flexibility index (Phi) is 4.24. The van der Waals surface area contributed by atoms with Crippen LogP contribution in [0, 0.1) is 0 Å². The van der Waals surface area contributed by atoms with Crippen LogP contribution in [0.1, 0.15) is 29.6 Å². The summed E-state index contributed by atoms with van der Waals surface area (Å²) in [5, 5.41) is 3.64. The Morgan fingerprint density at radius 3 is 2.88 bits per heavy atom. The van der Waals surface area contributed by atoms with E-state index in [9.17, 15) is 4.79 Å². The van der Waals surface area contributed by atoms with Crippen molar-refractivity contribution in [3.8, 4) is 0 Å². The minimum absolute atomic E-state index is 0.0392. The van der Waals surface area contributed by atoms with E-state index in [0.29, 0.717) is 10.6 Å². The molecule has 0 aromatic heterocycles. The minimum Gasteiger partial charge on any atom is -0.349 e. The van der Waals surface area contributed by atoms with E-state index in [2.05, 4.69) is 33.4 Å². The Hall–Kier alpha value is -0.800. The van der Waals surface area contributed by atoms with E-state index in [1.165, 1.54) is 0 Å². The molecule has 1 aliphatic carbocycles. The summed E-state index contributed by atoms with van der Waals surface area (Å²) in [7, 11) is 0. The maximum Gasteiger partial charge on any atom is 0.251 e. The molecule has 90 valence electrons. The van der Waals surface area contributed by atoms with Gasteiger partial charge in [0.1, 0.15) is 0 Å². The molecule has 1 aromatic rings. The largest absolute Gasteiger partial charge is 0.349 e. The normalized spacial score (nSPS) is 19.1. The standard InChI is InChI=1S/C13H13BrClNO/c14-11-8-9(6-7-12(11)15)13(17)16-10-4-2-1-3-5-10/h1-2,6-8,10H,3-5H2,(H,16,17). The second-order valence-electron chi connectivity index (χ2n) is 4.08. The average Bonchev–Trinajstić information content (AvgIpc) is 2.34. The number of hydrogen-bond acceptors (Lipinski definition) is 1. The van der Waals surface area contributed by atoms with Gasteiger partial charge in [-0.25, -0.2) is 0 Å². The van der Waals surface area contributed by atoms with E-state index < -0.39 is 0 Å². The Bertz CT molecular complexity index is 459. The molecule has 0 spiro atoms. The lowest BCUT2D eigenvalue weighted by Crippen LogP contribution is -2.35. The fraction of sp³-hybridized carbons (Fsp3) is 0.308. The summed E-state index contributed by atoms with van der Waals surface area (Å²) in [5.74, 6) is -0.0392. The number of carbonyl (C=O) groups excluding carboxylic acids is 1. The summed E-state index contributed by atoms with van der Waals surface area (Å²) in [4.78, 5) is 12.0. The van der Waals surface area contributed by atoms with Gasteiger partial charge < -0.3 is 5.32 Å². The number of hydrogen-bond donors (Lipinski definition) is 1. The van der Waals surface area contributed by atoms with Gasteiger partial charge in [0.15, 0.2) is 0 Å². The lowest BCUT2D eigenvalue weighted by molar-refractivity contribution is 0.0934. The number of halogens is 2. The minimum atomic E-state index is -0.0392. The maximum absolute atomic E-state index is 12.0. The van der Waals surface area contributed by atoms with Crippen molar-refractivity contribution in [1.82, 2.24) is 5.32 Å². The molecule has 1 N–H and O–H groups in total. The van der Waals surface area contributed by atoms with Gasteiger partial charge in [-0.15, -0.1) is 0 Å². The zero-order valence-electron chi connectivity index (χ0n) is 9.25. The van der Waals surface area contributed by atoms with Crippen molar-refractivity contribution in [2.24, 2.45) is 0 Å². The molecule has 17 heavy (non-hydrogen) atoms. The van der Waals surface area contributed by atoms with Crippen molar-refractivity contribution in [2.75, 3.05) is 0 Å². The van der Waals surface area contributed by atoms with Crippen molar-refractivity contribution < 1.29 is 4.79 Å². The van der Waals surface area contributed by atoms with E-state index in [0.717, 1.165) is 23.7 Å². The Morgan fingerprint density at radius 2 is 2.24 bits per heavy atom. The molecule has 1 aromatic carbocycles. The number of amides is 1. The highest BCUT2D eigenvalue weighted by molar-refractivity contribution is 9.10. The van der Waals surface area contributed by atoms with Crippen LogP contribution in [0.25, 0.3) is 0 Å². The van der Waals surface area contributed by atoms with Crippen molar-refractivity contribution >= 4 is 33.4 Å². The molecule has 0 bridgehead atoms. The summed E-state index contributed by atoms with van der Waals surface area (Å²) in [6.45, 7) is 0. The molecule has 0 fully saturated rings. The third kappa shape index (κ3) is 3.33. The highest BCUT2D eigenvalue weighted by Gasteiger charge is 2.14. The van der Waals surface area contributed by atoms with Crippen LogP contribution in [-0.4, -0.2) is 11.9 Å². The zero-order chi connectivity index (χ0) is 12.3. The number of rotatable bonds is 2. The molecule has 0 radical (unpaired) electrons. The molecule has 1 amide bonds. The van der Waals surface area contributed by atoms with E-state index in [4.69, 9.17) is 11.6 Å². The molecule has 0 saturated heterocycles. The summed E-state index contributed by atoms with van der Waals surface area (Å²) in [6, 6.07) is 5.46. The van der Waals surface area contributed by atoms with Gasteiger partial charge in [-0.3, -0.25) is 4.79 Å².